The van der Waals surface area contributed by atoms with E-state index in [-0.39, 0.29) is 28.1 Å². The summed E-state index contributed by atoms with van der Waals surface area (Å²) in [5.41, 5.74) is 1.37. The maximum atomic E-state index is 13.3. The van der Waals surface area contributed by atoms with E-state index in [9.17, 15) is 18.0 Å². The summed E-state index contributed by atoms with van der Waals surface area (Å²) >= 11 is 0. The fraction of sp³-hybridized carbons (Fsp3) is 0.333. The third-order valence-electron chi connectivity index (χ3n) is 7.42. The van der Waals surface area contributed by atoms with E-state index in [1.165, 1.54) is 44.7 Å². The zero-order valence-electron chi connectivity index (χ0n) is 22.7. The number of rotatable bonds is 8. The maximum Gasteiger partial charge on any atom is 0.338 e. The van der Waals surface area contributed by atoms with Crippen LogP contribution in [0.25, 0.3) is 21.9 Å². The van der Waals surface area contributed by atoms with E-state index in [2.05, 4.69) is 4.72 Å². The number of hydrogen-bond acceptors (Lipinski definition) is 7. The third kappa shape index (κ3) is 5.49. The molecule has 1 atom stereocenters. The van der Waals surface area contributed by atoms with Crippen LogP contribution in [0.3, 0.4) is 0 Å². The Labute approximate surface area is 233 Å². The summed E-state index contributed by atoms with van der Waals surface area (Å²) in [6.07, 6.45) is 4.18. The molecule has 1 aliphatic rings. The summed E-state index contributed by atoms with van der Waals surface area (Å²) in [5.74, 6) is -0.748. The van der Waals surface area contributed by atoms with Crippen molar-refractivity contribution < 1.29 is 31.9 Å². The Morgan fingerprint density at radius 1 is 0.975 bits per heavy atom. The number of fused-ring (bicyclic) bond motifs is 3. The average molecular weight is 565 g/mol. The molecule has 4 aromatic rings. The van der Waals surface area contributed by atoms with Crippen LogP contribution >= 0.6 is 0 Å². The van der Waals surface area contributed by atoms with Crippen LogP contribution in [0.5, 0.6) is 5.75 Å². The standard InChI is InChI=1S/C30H32N2O7S/c1-19(29(33)32(2)21-11-5-4-6-12-21)38-30(34)20-10-9-13-22(16-20)40(35,36)31-25-18-27-24(17-28(25)37-3)23-14-7-8-15-26(23)39-27/h7-10,13-19,21,31H,4-6,11-12H2,1-3H3/t19-/m0/s1. The maximum absolute atomic E-state index is 13.3. The minimum Gasteiger partial charge on any atom is -0.495 e. The molecule has 0 radical (unpaired) electrons. The average Bonchev–Trinajstić information content (AvgIpc) is 3.33. The second-order valence-corrected chi connectivity index (χ2v) is 11.8. The van der Waals surface area contributed by atoms with Crippen LogP contribution in [0.15, 0.2) is 70.0 Å². The molecule has 40 heavy (non-hydrogen) atoms. The molecule has 1 heterocycles. The Morgan fingerprint density at radius 3 is 2.48 bits per heavy atom. The van der Waals surface area contributed by atoms with Gasteiger partial charge in [0.2, 0.25) is 0 Å². The van der Waals surface area contributed by atoms with Crippen LogP contribution in [-0.4, -0.2) is 51.5 Å². The van der Waals surface area contributed by atoms with Crippen molar-refractivity contribution in [2.24, 2.45) is 0 Å². The SMILES string of the molecule is COc1cc2c(cc1NS(=O)(=O)c1cccc(C(=O)O[C@@H](C)C(=O)N(C)C3CCCCC3)c1)oc1ccccc12. The molecule has 0 bridgehead atoms. The fourth-order valence-electron chi connectivity index (χ4n) is 5.21. The van der Waals surface area contributed by atoms with Gasteiger partial charge in [-0.25, -0.2) is 13.2 Å². The van der Waals surface area contributed by atoms with E-state index in [1.807, 2.05) is 24.3 Å². The van der Waals surface area contributed by atoms with E-state index in [1.54, 1.807) is 24.1 Å². The van der Waals surface area contributed by atoms with Gasteiger partial charge in [-0.1, -0.05) is 43.5 Å². The molecule has 1 aromatic heterocycles. The summed E-state index contributed by atoms with van der Waals surface area (Å²) in [5, 5.41) is 1.67. The summed E-state index contributed by atoms with van der Waals surface area (Å²) < 4.78 is 46.0. The van der Waals surface area contributed by atoms with Gasteiger partial charge in [0.15, 0.2) is 6.10 Å². The zero-order chi connectivity index (χ0) is 28.4. The van der Waals surface area contributed by atoms with Crippen molar-refractivity contribution in [1.82, 2.24) is 4.90 Å². The highest BCUT2D eigenvalue weighted by molar-refractivity contribution is 7.92. The highest BCUT2D eigenvalue weighted by Crippen LogP contribution is 2.37. The number of amides is 1. The molecule has 1 saturated carbocycles. The molecular formula is C30H32N2O7S. The first-order valence-electron chi connectivity index (χ1n) is 13.3. The number of likely N-dealkylation sites (N-methyl/N-ethyl adjacent to an activating group) is 1. The smallest absolute Gasteiger partial charge is 0.338 e. The van der Waals surface area contributed by atoms with Gasteiger partial charge in [0.1, 0.15) is 16.9 Å². The minimum absolute atomic E-state index is 0.0162. The lowest BCUT2D eigenvalue weighted by Crippen LogP contribution is -2.44. The number of carbonyl (C=O) groups excluding carboxylic acids is 2. The highest BCUT2D eigenvalue weighted by Gasteiger charge is 2.28. The van der Waals surface area contributed by atoms with Gasteiger partial charge in [0.05, 0.1) is 23.3 Å². The van der Waals surface area contributed by atoms with Gasteiger partial charge in [-0.05, 0) is 50.1 Å². The molecule has 5 rings (SSSR count). The quantitative estimate of drug-likeness (QED) is 0.272. The number of esters is 1. The van der Waals surface area contributed by atoms with E-state index < -0.39 is 22.1 Å². The number of ether oxygens (including phenoxy) is 2. The number of methoxy groups -OCH3 is 1. The molecule has 0 unspecified atom stereocenters. The molecular weight excluding hydrogens is 532 g/mol. The lowest BCUT2D eigenvalue weighted by Gasteiger charge is -2.32. The van der Waals surface area contributed by atoms with Crippen LogP contribution in [0.1, 0.15) is 49.4 Å². The predicted molar refractivity (Wildman–Crippen MR) is 152 cm³/mol. The third-order valence-corrected chi connectivity index (χ3v) is 8.79. The van der Waals surface area contributed by atoms with E-state index in [0.717, 1.165) is 36.5 Å². The minimum atomic E-state index is -4.13. The first kappa shape index (κ1) is 27.5. The normalized spacial score (nSPS) is 15.1. The number of carbonyl (C=O) groups is 2. The first-order valence-corrected chi connectivity index (χ1v) is 14.8. The Bertz CT molecular complexity index is 1670. The molecule has 0 aliphatic heterocycles. The van der Waals surface area contributed by atoms with Crippen molar-refractivity contribution in [3.8, 4) is 5.75 Å². The van der Waals surface area contributed by atoms with Crippen LogP contribution in [0.2, 0.25) is 0 Å². The van der Waals surface area contributed by atoms with Crippen LogP contribution in [-0.2, 0) is 19.6 Å². The van der Waals surface area contributed by atoms with Crippen molar-refractivity contribution >= 4 is 49.5 Å². The molecule has 1 fully saturated rings. The molecule has 1 amide bonds. The Balaban J connectivity index is 1.34. The molecule has 210 valence electrons. The lowest BCUT2D eigenvalue weighted by molar-refractivity contribution is -0.141. The molecule has 3 aromatic carbocycles. The number of furan rings is 1. The van der Waals surface area contributed by atoms with Gasteiger partial charge in [-0.15, -0.1) is 0 Å². The predicted octanol–water partition coefficient (Wildman–Crippen LogP) is 5.73. The largest absolute Gasteiger partial charge is 0.495 e. The van der Waals surface area contributed by atoms with Crippen molar-refractivity contribution in [2.75, 3.05) is 18.9 Å². The first-order chi connectivity index (χ1) is 19.2. The molecule has 1 aliphatic carbocycles. The molecule has 1 N–H and O–H groups in total. The lowest BCUT2D eigenvalue weighted by atomic mass is 9.94. The number of hydrogen-bond donors (Lipinski definition) is 1. The Kier molecular flexibility index (Phi) is 7.71. The van der Waals surface area contributed by atoms with Crippen LogP contribution in [0.4, 0.5) is 5.69 Å². The zero-order valence-corrected chi connectivity index (χ0v) is 23.5. The number of anilines is 1. The summed E-state index contributed by atoms with van der Waals surface area (Å²) in [7, 11) is -0.943. The van der Waals surface area contributed by atoms with Gasteiger partial charge in [0.25, 0.3) is 15.9 Å². The summed E-state index contributed by atoms with van der Waals surface area (Å²) in [6.45, 7) is 1.53. The molecule has 9 nitrogen and oxygen atoms in total. The number of sulfonamides is 1. The number of nitrogens with zero attached hydrogens (tertiary/aromatic N) is 1. The second kappa shape index (κ2) is 11.2. The van der Waals surface area contributed by atoms with Gasteiger partial charge in [0, 0.05) is 29.9 Å². The molecule has 0 spiro atoms. The fourth-order valence-corrected chi connectivity index (χ4v) is 6.31. The number of nitrogens with one attached hydrogen (secondary N) is 1. The monoisotopic (exact) mass is 564 g/mol. The van der Waals surface area contributed by atoms with Crippen molar-refractivity contribution in [3.63, 3.8) is 0 Å². The molecule has 0 saturated heterocycles. The topological polar surface area (TPSA) is 115 Å². The van der Waals surface area contributed by atoms with Crippen molar-refractivity contribution in [1.29, 1.82) is 0 Å². The van der Waals surface area contributed by atoms with E-state index in [0.29, 0.717) is 16.9 Å². The van der Waals surface area contributed by atoms with Gasteiger partial charge in [-0.2, -0.15) is 0 Å². The van der Waals surface area contributed by atoms with Gasteiger partial charge >= 0.3 is 5.97 Å². The van der Waals surface area contributed by atoms with Crippen LogP contribution < -0.4 is 9.46 Å². The number of para-hydroxylation sites is 1. The van der Waals surface area contributed by atoms with Crippen LogP contribution in [0, 0.1) is 0 Å². The van der Waals surface area contributed by atoms with Gasteiger partial charge in [-0.3, -0.25) is 9.52 Å². The summed E-state index contributed by atoms with van der Waals surface area (Å²) in [6, 6.07) is 16.4. The van der Waals surface area contributed by atoms with Crippen molar-refractivity contribution in [2.45, 2.75) is 56.1 Å². The van der Waals surface area contributed by atoms with E-state index in [4.69, 9.17) is 13.9 Å². The Morgan fingerprint density at radius 2 is 1.73 bits per heavy atom. The second-order valence-electron chi connectivity index (χ2n) is 10.1. The van der Waals surface area contributed by atoms with E-state index >= 15 is 0 Å². The highest BCUT2D eigenvalue weighted by atomic mass is 32.2. The summed E-state index contributed by atoms with van der Waals surface area (Å²) in [4.78, 5) is 27.3. The van der Waals surface area contributed by atoms with Gasteiger partial charge < -0.3 is 18.8 Å². The molecule has 10 heteroatoms. The Hall–Kier alpha value is -4.05. The van der Waals surface area contributed by atoms with Crippen molar-refractivity contribution in [3.05, 3.63) is 66.2 Å². The number of benzene rings is 3.